The van der Waals surface area contributed by atoms with Crippen LogP contribution in [0.4, 0.5) is 0 Å². The van der Waals surface area contributed by atoms with Gasteiger partial charge in [-0.2, -0.15) is 0 Å². The second-order valence-corrected chi connectivity index (χ2v) is 4.54. The third-order valence-electron chi connectivity index (χ3n) is 3.13. The fourth-order valence-corrected chi connectivity index (χ4v) is 2.09. The number of hydrogen-bond donors (Lipinski definition) is 2. The van der Waals surface area contributed by atoms with Gasteiger partial charge in [0, 0.05) is 46.3 Å². The van der Waals surface area contributed by atoms with Crippen LogP contribution in [-0.2, 0) is 4.79 Å². The number of piperazine rings is 1. The van der Waals surface area contributed by atoms with E-state index < -0.39 is 0 Å². The lowest BCUT2D eigenvalue weighted by Crippen LogP contribution is -2.47. The lowest BCUT2D eigenvalue weighted by molar-refractivity contribution is -0.121. The molecule has 0 spiro atoms. The van der Waals surface area contributed by atoms with Gasteiger partial charge in [-0.15, -0.1) is 24.8 Å². The number of carbonyl (C=O) groups excluding carboxylic acids is 1. The predicted octanol–water partition coefficient (Wildman–Crippen LogP) is 0.193. The Hall–Kier alpha value is -0.0700. The number of nitrogens with one attached hydrogen (secondary N) is 2. The van der Waals surface area contributed by atoms with E-state index in [9.17, 15) is 4.79 Å². The predicted molar refractivity (Wildman–Crippen MR) is 84.6 cm³/mol. The molecule has 0 atom stereocenters. The van der Waals surface area contributed by atoms with Gasteiger partial charge in [0.05, 0.1) is 6.54 Å². The molecule has 1 aliphatic heterocycles. The number of nitrogens with zero attached hydrogens (tertiary/aromatic N) is 2. The number of hydrogen-bond acceptors (Lipinski definition) is 4. The zero-order valence-corrected chi connectivity index (χ0v) is 13.6. The smallest absolute Gasteiger partial charge is 0.233 e. The van der Waals surface area contributed by atoms with Crippen molar-refractivity contribution < 1.29 is 4.79 Å². The summed E-state index contributed by atoms with van der Waals surface area (Å²) in [5, 5.41) is 6.04. The molecule has 1 aliphatic rings. The summed E-state index contributed by atoms with van der Waals surface area (Å²) in [5.41, 5.74) is 0. The molecule has 1 amide bonds. The quantitative estimate of drug-likeness (QED) is 0.704. The summed E-state index contributed by atoms with van der Waals surface area (Å²) >= 11 is 0. The number of amides is 1. The molecule has 0 aliphatic carbocycles. The van der Waals surface area contributed by atoms with Crippen LogP contribution < -0.4 is 10.6 Å². The highest BCUT2D eigenvalue weighted by Gasteiger charge is 2.13. The highest BCUT2D eigenvalue weighted by molar-refractivity contribution is 5.85. The van der Waals surface area contributed by atoms with Crippen molar-refractivity contribution >= 4 is 30.7 Å². The number of carbonyl (C=O) groups is 1. The summed E-state index contributed by atoms with van der Waals surface area (Å²) in [6.45, 7) is 10.2. The van der Waals surface area contributed by atoms with Crippen molar-refractivity contribution in [3.8, 4) is 0 Å². The summed E-state index contributed by atoms with van der Waals surface area (Å²) < 4.78 is 0. The molecule has 1 fully saturated rings. The van der Waals surface area contributed by atoms with Crippen molar-refractivity contribution in [2.24, 2.45) is 0 Å². The van der Waals surface area contributed by atoms with Crippen LogP contribution in [0.15, 0.2) is 0 Å². The zero-order valence-electron chi connectivity index (χ0n) is 12.0. The maximum absolute atomic E-state index is 11.4. The molecule has 2 N–H and O–H groups in total. The largest absolute Gasteiger partial charge is 0.358 e. The van der Waals surface area contributed by atoms with Crippen molar-refractivity contribution in [1.29, 1.82) is 0 Å². The third kappa shape index (κ3) is 9.46. The first-order valence-corrected chi connectivity index (χ1v) is 6.62. The minimum absolute atomic E-state index is 0. The Balaban J connectivity index is 0. The monoisotopic (exact) mass is 314 g/mol. The van der Waals surface area contributed by atoms with E-state index in [-0.39, 0.29) is 30.7 Å². The van der Waals surface area contributed by atoms with Gasteiger partial charge in [-0.1, -0.05) is 6.92 Å². The van der Waals surface area contributed by atoms with Crippen molar-refractivity contribution in [1.82, 2.24) is 20.4 Å². The van der Waals surface area contributed by atoms with Crippen molar-refractivity contribution in [2.45, 2.75) is 13.3 Å². The van der Waals surface area contributed by atoms with E-state index >= 15 is 0 Å². The summed E-state index contributed by atoms with van der Waals surface area (Å²) in [6, 6.07) is 0. The van der Waals surface area contributed by atoms with Gasteiger partial charge >= 0.3 is 0 Å². The molecule has 0 aromatic carbocycles. The van der Waals surface area contributed by atoms with Crippen LogP contribution in [0.1, 0.15) is 13.3 Å². The van der Waals surface area contributed by atoms with Crippen LogP contribution in [0.2, 0.25) is 0 Å². The van der Waals surface area contributed by atoms with Gasteiger partial charge in [0.1, 0.15) is 0 Å². The molecule has 0 radical (unpaired) electrons. The van der Waals surface area contributed by atoms with E-state index in [4.69, 9.17) is 0 Å². The molecule has 116 valence electrons. The molecule has 0 saturated carbocycles. The van der Waals surface area contributed by atoms with E-state index in [1.165, 1.54) is 0 Å². The SMILES string of the molecule is CCCN(CCN1CCNCC1)CC(=O)NC.Cl.Cl. The van der Waals surface area contributed by atoms with E-state index in [0.717, 1.165) is 52.2 Å². The zero-order chi connectivity index (χ0) is 12.5. The van der Waals surface area contributed by atoms with Gasteiger partial charge < -0.3 is 10.6 Å². The first kappa shape index (κ1) is 21.2. The average Bonchev–Trinajstić information content (AvgIpc) is 2.37. The van der Waals surface area contributed by atoms with Gasteiger partial charge in [-0.3, -0.25) is 14.6 Å². The molecule has 0 aromatic rings. The van der Waals surface area contributed by atoms with E-state index in [1.54, 1.807) is 7.05 Å². The van der Waals surface area contributed by atoms with Gasteiger partial charge in [0.15, 0.2) is 0 Å². The number of rotatable bonds is 7. The van der Waals surface area contributed by atoms with Crippen molar-refractivity contribution in [3.63, 3.8) is 0 Å². The van der Waals surface area contributed by atoms with Crippen LogP contribution >= 0.6 is 24.8 Å². The average molecular weight is 315 g/mol. The Kier molecular flexibility index (Phi) is 14.5. The minimum atomic E-state index is 0. The minimum Gasteiger partial charge on any atom is -0.358 e. The van der Waals surface area contributed by atoms with Crippen LogP contribution in [-0.4, -0.2) is 75.1 Å². The van der Waals surface area contributed by atoms with Crippen molar-refractivity contribution in [3.05, 3.63) is 0 Å². The molecule has 7 heteroatoms. The molecule has 0 bridgehead atoms. The molecule has 0 unspecified atom stereocenters. The van der Waals surface area contributed by atoms with Crippen LogP contribution in [0.25, 0.3) is 0 Å². The highest BCUT2D eigenvalue weighted by Crippen LogP contribution is 1.96. The summed E-state index contributed by atoms with van der Waals surface area (Å²) in [7, 11) is 1.70. The van der Waals surface area contributed by atoms with E-state index in [0.29, 0.717) is 6.54 Å². The lowest BCUT2D eigenvalue weighted by atomic mass is 10.3. The topological polar surface area (TPSA) is 47.6 Å². The summed E-state index contributed by atoms with van der Waals surface area (Å²) in [6.07, 6.45) is 1.10. The molecule has 1 heterocycles. The fraction of sp³-hybridized carbons (Fsp3) is 0.917. The third-order valence-corrected chi connectivity index (χ3v) is 3.13. The van der Waals surface area contributed by atoms with Crippen LogP contribution in [0, 0.1) is 0 Å². The lowest BCUT2D eigenvalue weighted by Gasteiger charge is -2.30. The molecule has 1 rings (SSSR count). The number of halogens is 2. The Morgan fingerprint density at radius 3 is 2.42 bits per heavy atom. The van der Waals surface area contributed by atoms with Crippen LogP contribution in [0.5, 0.6) is 0 Å². The first-order chi connectivity index (χ1) is 8.26. The van der Waals surface area contributed by atoms with Gasteiger partial charge in [-0.05, 0) is 13.0 Å². The summed E-state index contributed by atoms with van der Waals surface area (Å²) in [4.78, 5) is 16.1. The van der Waals surface area contributed by atoms with Gasteiger partial charge in [0.25, 0.3) is 0 Å². The second-order valence-electron chi connectivity index (χ2n) is 4.54. The molecule has 1 saturated heterocycles. The molecule has 0 aromatic heterocycles. The Morgan fingerprint density at radius 2 is 1.89 bits per heavy atom. The second kappa shape index (κ2) is 12.9. The first-order valence-electron chi connectivity index (χ1n) is 6.62. The molecule has 5 nitrogen and oxygen atoms in total. The molecule has 19 heavy (non-hydrogen) atoms. The highest BCUT2D eigenvalue weighted by atomic mass is 35.5. The Labute approximate surface area is 129 Å². The van der Waals surface area contributed by atoms with E-state index in [2.05, 4.69) is 27.4 Å². The Morgan fingerprint density at radius 1 is 1.26 bits per heavy atom. The molecular weight excluding hydrogens is 287 g/mol. The van der Waals surface area contributed by atoms with E-state index in [1.807, 2.05) is 0 Å². The fourth-order valence-electron chi connectivity index (χ4n) is 2.09. The van der Waals surface area contributed by atoms with Crippen molar-refractivity contribution in [2.75, 3.05) is 59.4 Å². The van der Waals surface area contributed by atoms with Gasteiger partial charge in [-0.25, -0.2) is 0 Å². The van der Waals surface area contributed by atoms with Gasteiger partial charge in [0.2, 0.25) is 5.91 Å². The standard InChI is InChI=1S/C12H26N4O.2ClH/c1-3-6-16(11-12(17)13-2)10-9-15-7-4-14-5-8-15;;/h14H,3-11H2,1-2H3,(H,13,17);2*1H. The Bertz CT molecular complexity index is 226. The molecular formula is C12H28Cl2N4O. The number of likely N-dealkylation sites (N-methyl/N-ethyl adjacent to an activating group) is 1. The normalized spacial score (nSPS) is 15.5. The van der Waals surface area contributed by atoms with Crippen LogP contribution in [0.3, 0.4) is 0 Å². The maximum Gasteiger partial charge on any atom is 0.233 e. The summed E-state index contributed by atoms with van der Waals surface area (Å²) in [5.74, 6) is 0.110. The maximum atomic E-state index is 11.4.